The number of anilines is 1. The summed E-state index contributed by atoms with van der Waals surface area (Å²) in [6.45, 7) is 1.15. The number of likely N-dealkylation sites (N-methyl/N-ethyl adjacent to an activating group) is 1. The summed E-state index contributed by atoms with van der Waals surface area (Å²) in [7, 11) is 0.798. The van der Waals surface area contributed by atoms with Crippen LogP contribution in [0.1, 0.15) is 6.42 Å². The lowest BCUT2D eigenvalue weighted by molar-refractivity contribution is 0.186. The molecule has 1 unspecified atom stereocenters. The van der Waals surface area contributed by atoms with Crippen molar-refractivity contribution in [2.45, 2.75) is 17.4 Å². The molecule has 1 aromatic rings. The number of nitrogens with zero attached hydrogens (tertiary/aromatic N) is 2. The van der Waals surface area contributed by atoms with Gasteiger partial charge in [-0.3, -0.25) is 0 Å². The van der Waals surface area contributed by atoms with Crippen LogP contribution in [-0.2, 0) is 9.84 Å². The van der Waals surface area contributed by atoms with Crippen molar-refractivity contribution in [2.24, 2.45) is 0 Å². The minimum Gasteiger partial charge on any atom is -0.319 e. The lowest BCUT2D eigenvalue weighted by Gasteiger charge is -2.29. The van der Waals surface area contributed by atoms with Gasteiger partial charge in [-0.2, -0.15) is 0 Å². The zero-order valence-corrected chi connectivity index (χ0v) is 15.1. The molecule has 6 nitrogen and oxygen atoms in total. The third-order valence-corrected chi connectivity index (χ3v) is 5.98. The molecule has 1 atom stereocenters. The van der Waals surface area contributed by atoms with Crippen LogP contribution in [0.2, 0.25) is 0 Å². The molecule has 1 heterocycles. The molecule has 8 heteroatoms. The van der Waals surface area contributed by atoms with Gasteiger partial charge < -0.3 is 15.1 Å². The molecule has 2 rings (SSSR count). The average molecular weight is 358 g/mol. The van der Waals surface area contributed by atoms with Gasteiger partial charge in [-0.1, -0.05) is 12.1 Å². The van der Waals surface area contributed by atoms with E-state index in [-0.39, 0.29) is 23.6 Å². The number of rotatable bonds is 5. The maximum absolute atomic E-state index is 12.6. The number of thiol groups is 1. The van der Waals surface area contributed by atoms with Gasteiger partial charge in [0, 0.05) is 24.0 Å². The Morgan fingerprint density at radius 1 is 1.30 bits per heavy atom. The first-order valence-corrected chi connectivity index (χ1v) is 9.76. The normalized spacial score (nSPS) is 19.7. The number of benzene rings is 1. The Morgan fingerprint density at radius 2 is 2.00 bits per heavy atom. The Morgan fingerprint density at radius 3 is 2.57 bits per heavy atom. The van der Waals surface area contributed by atoms with Crippen molar-refractivity contribution in [1.82, 2.24) is 9.80 Å². The number of carbonyl (C=O) groups excluding carboxylic acids is 1. The van der Waals surface area contributed by atoms with Gasteiger partial charge in [0.15, 0.2) is 9.84 Å². The number of urea groups is 1. The monoisotopic (exact) mass is 357 g/mol. The highest BCUT2D eigenvalue weighted by Gasteiger charge is 2.34. The van der Waals surface area contributed by atoms with Gasteiger partial charge in [0.05, 0.1) is 17.2 Å². The van der Waals surface area contributed by atoms with E-state index in [2.05, 4.69) is 17.9 Å². The summed E-state index contributed by atoms with van der Waals surface area (Å²) in [5.74, 6) is 0.183. The summed E-state index contributed by atoms with van der Waals surface area (Å²) < 4.78 is 23.5. The zero-order chi connectivity index (χ0) is 17.0. The van der Waals surface area contributed by atoms with E-state index < -0.39 is 9.84 Å². The number of para-hydroxylation sites is 1. The Kier molecular flexibility index (Phi) is 5.94. The van der Waals surface area contributed by atoms with Crippen LogP contribution in [0.5, 0.6) is 0 Å². The predicted molar refractivity (Wildman–Crippen MR) is 95.0 cm³/mol. The smallest absolute Gasteiger partial charge is 0.319 e. The Labute approximate surface area is 143 Å². The summed E-state index contributed by atoms with van der Waals surface area (Å²) in [5, 5.41) is 2.84. The molecule has 0 aliphatic carbocycles. The fourth-order valence-corrected chi connectivity index (χ4v) is 4.49. The Hall–Kier alpha value is -1.25. The first-order valence-electron chi connectivity index (χ1n) is 7.49. The number of amides is 2. The lowest BCUT2D eigenvalue weighted by Crippen LogP contribution is -2.46. The van der Waals surface area contributed by atoms with E-state index in [0.29, 0.717) is 30.1 Å². The summed E-state index contributed by atoms with van der Waals surface area (Å²) >= 11 is 4.33. The Bertz CT molecular complexity index is 662. The van der Waals surface area contributed by atoms with Crippen LogP contribution >= 0.6 is 12.6 Å². The van der Waals surface area contributed by atoms with Crippen molar-refractivity contribution in [2.75, 3.05) is 44.0 Å². The van der Waals surface area contributed by atoms with Crippen LogP contribution in [-0.4, -0.2) is 69.0 Å². The molecule has 128 valence electrons. The number of nitrogens with one attached hydrogen (secondary N) is 1. The fourth-order valence-electron chi connectivity index (χ4n) is 2.55. The SMILES string of the molecule is CN(C)CCN(C(=O)Nc1ccccc1S)C1CCS(=O)(=O)C1. The maximum atomic E-state index is 12.6. The first kappa shape index (κ1) is 18.1. The molecular weight excluding hydrogens is 334 g/mol. The molecule has 1 aromatic carbocycles. The quantitative estimate of drug-likeness (QED) is 0.785. The van der Waals surface area contributed by atoms with E-state index in [9.17, 15) is 13.2 Å². The van der Waals surface area contributed by atoms with Crippen LogP contribution in [0.4, 0.5) is 10.5 Å². The summed E-state index contributed by atoms with van der Waals surface area (Å²) in [6.07, 6.45) is 0.492. The highest BCUT2D eigenvalue weighted by atomic mass is 32.2. The van der Waals surface area contributed by atoms with Crippen molar-refractivity contribution in [1.29, 1.82) is 0 Å². The molecule has 0 bridgehead atoms. The van der Waals surface area contributed by atoms with Crippen LogP contribution in [0.25, 0.3) is 0 Å². The predicted octanol–water partition coefficient (Wildman–Crippen LogP) is 1.56. The minimum absolute atomic E-state index is 0.0381. The van der Waals surface area contributed by atoms with Crippen LogP contribution in [0, 0.1) is 0 Å². The summed E-state index contributed by atoms with van der Waals surface area (Å²) in [4.78, 5) is 16.9. The molecule has 2 amide bonds. The standard InChI is InChI=1S/C15H23N3O3S2/c1-17(2)8-9-18(12-7-10-23(20,21)11-12)15(19)16-13-5-3-4-6-14(13)22/h3-6,12,22H,7-11H2,1-2H3,(H,16,19). The van der Waals surface area contributed by atoms with Crippen LogP contribution < -0.4 is 5.32 Å². The van der Waals surface area contributed by atoms with Gasteiger partial charge in [-0.15, -0.1) is 12.6 Å². The molecule has 1 aliphatic rings. The van der Waals surface area contributed by atoms with Crippen molar-refractivity contribution >= 4 is 34.2 Å². The molecule has 23 heavy (non-hydrogen) atoms. The summed E-state index contributed by atoms with van der Waals surface area (Å²) in [5.41, 5.74) is 0.622. The molecule has 0 aromatic heterocycles. The van der Waals surface area contributed by atoms with Gasteiger partial charge in [0.1, 0.15) is 0 Å². The van der Waals surface area contributed by atoms with E-state index in [1.807, 2.05) is 31.1 Å². The number of carbonyl (C=O) groups is 1. The van der Waals surface area contributed by atoms with Crippen molar-refractivity contribution in [3.8, 4) is 0 Å². The van der Waals surface area contributed by atoms with Gasteiger partial charge in [0.25, 0.3) is 0 Å². The maximum Gasteiger partial charge on any atom is 0.322 e. The minimum atomic E-state index is -3.04. The number of sulfone groups is 1. The molecule has 1 aliphatic heterocycles. The zero-order valence-electron chi connectivity index (χ0n) is 13.4. The molecule has 1 saturated heterocycles. The molecule has 1 fully saturated rings. The van der Waals surface area contributed by atoms with Gasteiger partial charge in [-0.05, 0) is 32.6 Å². The van der Waals surface area contributed by atoms with E-state index in [1.54, 1.807) is 17.0 Å². The van der Waals surface area contributed by atoms with Crippen LogP contribution in [0.3, 0.4) is 0 Å². The third kappa shape index (κ3) is 5.12. The largest absolute Gasteiger partial charge is 0.322 e. The van der Waals surface area contributed by atoms with Crippen LogP contribution in [0.15, 0.2) is 29.2 Å². The van der Waals surface area contributed by atoms with E-state index in [1.165, 1.54) is 0 Å². The second-order valence-corrected chi connectivity index (χ2v) is 8.71. The van der Waals surface area contributed by atoms with Gasteiger partial charge >= 0.3 is 6.03 Å². The summed E-state index contributed by atoms with van der Waals surface area (Å²) in [6, 6.07) is 6.67. The van der Waals surface area contributed by atoms with Crippen molar-refractivity contribution < 1.29 is 13.2 Å². The second kappa shape index (κ2) is 7.55. The highest BCUT2D eigenvalue weighted by molar-refractivity contribution is 7.91. The first-order chi connectivity index (χ1) is 10.8. The number of hydrogen-bond acceptors (Lipinski definition) is 5. The second-order valence-electron chi connectivity index (χ2n) is 6.00. The molecule has 0 radical (unpaired) electrons. The molecule has 1 N–H and O–H groups in total. The molecule has 0 saturated carbocycles. The fraction of sp³-hybridized carbons (Fsp3) is 0.533. The topological polar surface area (TPSA) is 69.7 Å². The lowest BCUT2D eigenvalue weighted by atomic mass is 10.2. The molecule has 0 spiro atoms. The molecular formula is C15H23N3O3S2. The Balaban J connectivity index is 2.12. The number of hydrogen-bond donors (Lipinski definition) is 2. The van der Waals surface area contributed by atoms with Gasteiger partial charge in [0.2, 0.25) is 0 Å². The highest BCUT2D eigenvalue weighted by Crippen LogP contribution is 2.22. The third-order valence-electron chi connectivity index (χ3n) is 3.84. The van der Waals surface area contributed by atoms with E-state index in [0.717, 1.165) is 0 Å². The van der Waals surface area contributed by atoms with E-state index >= 15 is 0 Å². The van der Waals surface area contributed by atoms with Crippen molar-refractivity contribution in [3.05, 3.63) is 24.3 Å². The van der Waals surface area contributed by atoms with Crippen molar-refractivity contribution in [3.63, 3.8) is 0 Å². The van der Waals surface area contributed by atoms with Gasteiger partial charge in [-0.25, -0.2) is 13.2 Å². The average Bonchev–Trinajstić information content (AvgIpc) is 2.81. The van der Waals surface area contributed by atoms with E-state index in [4.69, 9.17) is 0 Å².